The van der Waals surface area contributed by atoms with Crippen LogP contribution in [0, 0.1) is 37.5 Å². The summed E-state index contributed by atoms with van der Waals surface area (Å²) >= 11 is 0. The summed E-state index contributed by atoms with van der Waals surface area (Å²) in [6.07, 6.45) is 3.24. The molecular formula is C22H26O3. The third-order valence-electron chi connectivity index (χ3n) is 5.57. The number of Topliss-reactive ketones (excluding diaryl/α,β-unsaturated/α-hetero) is 2. The fraction of sp³-hybridized carbons (Fsp3) is 0.545. The lowest BCUT2D eigenvalue weighted by Crippen LogP contribution is -2.22. The first-order valence-electron chi connectivity index (χ1n) is 9.19. The molecule has 1 aliphatic carbocycles. The lowest BCUT2D eigenvalue weighted by atomic mass is 9.84. The summed E-state index contributed by atoms with van der Waals surface area (Å²) in [5.41, 5.74) is 3.84. The van der Waals surface area contributed by atoms with Crippen LogP contribution in [0.3, 0.4) is 0 Å². The van der Waals surface area contributed by atoms with Gasteiger partial charge in [0.1, 0.15) is 11.7 Å². The highest BCUT2D eigenvalue weighted by atomic mass is 16.5. The number of benzene rings is 1. The van der Waals surface area contributed by atoms with Crippen molar-refractivity contribution in [3.63, 3.8) is 0 Å². The van der Waals surface area contributed by atoms with Crippen LogP contribution >= 0.6 is 0 Å². The molecule has 132 valence electrons. The van der Waals surface area contributed by atoms with Crippen molar-refractivity contribution in [2.24, 2.45) is 11.8 Å². The van der Waals surface area contributed by atoms with E-state index in [1.165, 1.54) is 0 Å². The van der Waals surface area contributed by atoms with Crippen molar-refractivity contribution in [2.45, 2.75) is 52.4 Å². The van der Waals surface area contributed by atoms with Crippen LogP contribution < -0.4 is 0 Å². The second-order valence-electron chi connectivity index (χ2n) is 7.39. The van der Waals surface area contributed by atoms with Crippen LogP contribution in [0.2, 0.25) is 0 Å². The zero-order valence-electron chi connectivity index (χ0n) is 15.4. The van der Waals surface area contributed by atoms with E-state index in [1.807, 2.05) is 32.9 Å². The molecule has 0 radical (unpaired) electrons. The molecule has 0 aromatic heterocycles. The van der Waals surface area contributed by atoms with Crippen molar-refractivity contribution in [3.8, 4) is 11.8 Å². The van der Waals surface area contributed by atoms with Gasteiger partial charge in [0.15, 0.2) is 5.78 Å². The highest BCUT2D eigenvalue weighted by molar-refractivity contribution is 6.15. The van der Waals surface area contributed by atoms with Crippen LogP contribution in [0.1, 0.15) is 60.8 Å². The Morgan fingerprint density at radius 1 is 1.12 bits per heavy atom. The predicted molar refractivity (Wildman–Crippen MR) is 97.5 cm³/mol. The van der Waals surface area contributed by atoms with E-state index in [9.17, 15) is 9.59 Å². The maximum absolute atomic E-state index is 13.0. The minimum Gasteiger partial charge on any atom is -0.381 e. The van der Waals surface area contributed by atoms with Crippen molar-refractivity contribution in [1.29, 1.82) is 0 Å². The first kappa shape index (κ1) is 17.9. The van der Waals surface area contributed by atoms with Gasteiger partial charge in [-0.05, 0) is 74.8 Å². The van der Waals surface area contributed by atoms with Gasteiger partial charge in [-0.25, -0.2) is 0 Å². The summed E-state index contributed by atoms with van der Waals surface area (Å²) in [4.78, 5) is 25.7. The quantitative estimate of drug-likeness (QED) is 0.623. The maximum atomic E-state index is 13.0. The van der Waals surface area contributed by atoms with Gasteiger partial charge in [-0.1, -0.05) is 5.92 Å². The number of carbonyl (C=O) groups is 2. The Hall–Kier alpha value is -1.92. The summed E-state index contributed by atoms with van der Waals surface area (Å²) in [7, 11) is 0. The molecule has 1 saturated heterocycles. The molecule has 2 unspecified atom stereocenters. The Bertz CT molecular complexity index is 721. The Kier molecular flexibility index (Phi) is 5.39. The molecule has 1 saturated carbocycles. The Morgan fingerprint density at radius 2 is 1.76 bits per heavy atom. The van der Waals surface area contributed by atoms with Gasteiger partial charge in [0.25, 0.3) is 0 Å². The highest BCUT2D eigenvalue weighted by Crippen LogP contribution is 2.39. The number of rotatable bonds is 3. The van der Waals surface area contributed by atoms with Gasteiger partial charge >= 0.3 is 0 Å². The number of ketones is 2. The van der Waals surface area contributed by atoms with Crippen LogP contribution in [0.15, 0.2) is 12.1 Å². The van der Waals surface area contributed by atoms with Crippen LogP contribution in [0.25, 0.3) is 0 Å². The molecule has 2 aliphatic rings. The third kappa shape index (κ3) is 3.70. The number of aryl methyl sites for hydroxylation is 2. The monoisotopic (exact) mass is 338 g/mol. The lowest BCUT2D eigenvalue weighted by Gasteiger charge is -2.24. The standard InChI is InChI=1S/C22H26O3/c1-4-5-17-10-14(2)20(15(3)11-17)21-19(23)13-18(22(21)24)12-16-6-8-25-9-7-16/h10-11,16,18,21H,6-9,12-13H2,1-3H3. The van der Waals surface area contributed by atoms with Crippen molar-refractivity contribution < 1.29 is 14.3 Å². The molecule has 0 N–H and O–H groups in total. The van der Waals surface area contributed by atoms with Crippen molar-refractivity contribution >= 4 is 11.6 Å². The van der Waals surface area contributed by atoms with Gasteiger partial charge in [-0.15, -0.1) is 5.92 Å². The Balaban J connectivity index is 1.83. The van der Waals surface area contributed by atoms with E-state index >= 15 is 0 Å². The first-order chi connectivity index (χ1) is 12.0. The van der Waals surface area contributed by atoms with E-state index in [-0.39, 0.29) is 17.5 Å². The second kappa shape index (κ2) is 7.54. The molecule has 3 rings (SSSR count). The van der Waals surface area contributed by atoms with Crippen molar-refractivity contribution in [2.75, 3.05) is 13.2 Å². The molecule has 25 heavy (non-hydrogen) atoms. The van der Waals surface area contributed by atoms with Crippen LogP contribution in [-0.2, 0) is 14.3 Å². The van der Waals surface area contributed by atoms with Crippen LogP contribution in [-0.4, -0.2) is 24.8 Å². The SMILES string of the molecule is CC#Cc1cc(C)c(C2C(=O)CC(CC3CCOCC3)C2=O)c(C)c1. The largest absolute Gasteiger partial charge is 0.381 e. The molecular weight excluding hydrogens is 312 g/mol. The number of hydrogen-bond acceptors (Lipinski definition) is 3. The van der Waals surface area contributed by atoms with E-state index in [0.29, 0.717) is 12.3 Å². The zero-order chi connectivity index (χ0) is 18.0. The summed E-state index contributed by atoms with van der Waals surface area (Å²) in [6.45, 7) is 7.33. The molecule has 3 heteroatoms. The first-order valence-corrected chi connectivity index (χ1v) is 9.19. The summed E-state index contributed by atoms with van der Waals surface area (Å²) in [5, 5.41) is 0. The molecule has 0 amide bonds. The van der Waals surface area contributed by atoms with E-state index in [0.717, 1.165) is 54.7 Å². The van der Waals surface area contributed by atoms with E-state index in [2.05, 4.69) is 11.8 Å². The molecule has 0 bridgehead atoms. The maximum Gasteiger partial charge on any atom is 0.151 e. The molecule has 2 fully saturated rings. The minimum atomic E-state index is -0.575. The van der Waals surface area contributed by atoms with Gasteiger partial charge in [0.2, 0.25) is 0 Å². The molecule has 1 heterocycles. The topological polar surface area (TPSA) is 43.4 Å². The van der Waals surface area contributed by atoms with Crippen LogP contribution in [0.5, 0.6) is 0 Å². The normalized spacial score (nSPS) is 24.3. The van der Waals surface area contributed by atoms with Gasteiger partial charge in [-0.2, -0.15) is 0 Å². The van der Waals surface area contributed by atoms with Gasteiger partial charge in [0.05, 0.1) is 0 Å². The van der Waals surface area contributed by atoms with Crippen LogP contribution in [0.4, 0.5) is 0 Å². The Labute approximate surface area is 150 Å². The molecule has 1 aromatic carbocycles. The smallest absolute Gasteiger partial charge is 0.151 e. The average molecular weight is 338 g/mol. The van der Waals surface area contributed by atoms with E-state index < -0.39 is 5.92 Å². The van der Waals surface area contributed by atoms with Crippen molar-refractivity contribution in [1.82, 2.24) is 0 Å². The van der Waals surface area contributed by atoms with Gasteiger partial charge in [-0.3, -0.25) is 9.59 Å². The molecule has 0 spiro atoms. The molecule has 3 nitrogen and oxygen atoms in total. The zero-order valence-corrected chi connectivity index (χ0v) is 15.4. The Morgan fingerprint density at radius 3 is 2.36 bits per heavy atom. The van der Waals surface area contributed by atoms with Gasteiger partial charge < -0.3 is 4.74 Å². The number of ether oxygens (including phenoxy) is 1. The fourth-order valence-electron chi connectivity index (χ4n) is 4.39. The summed E-state index contributed by atoms with van der Waals surface area (Å²) in [6, 6.07) is 3.98. The lowest BCUT2D eigenvalue weighted by molar-refractivity contribution is -0.125. The van der Waals surface area contributed by atoms with Gasteiger partial charge in [0, 0.05) is 31.1 Å². The number of carbonyl (C=O) groups excluding carboxylic acids is 2. The second-order valence-corrected chi connectivity index (χ2v) is 7.39. The predicted octanol–water partition coefficient (Wildman–Crippen LogP) is 3.73. The van der Waals surface area contributed by atoms with E-state index in [1.54, 1.807) is 0 Å². The average Bonchev–Trinajstić information content (AvgIpc) is 2.83. The molecule has 2 atom stereocenters. The van der Waals surface area contributed by atoms with E-state index in [4.69, 9.17) is 4.74 Å². The minimum absolute atomic E-state index is 0.0857. The summed E-state index contributed by atoms with van der Waals surface area (Å²) in [5.74, 6) is 5.99. The number of hydrogen-bond donors (Lipinski definition) is 0. The fourth-order valence-corrected chi connectivity index (χ4v) is 4.39. The molecule has 1 aromatic rings. The highest BCUT2D eigenvalue weighted by Gasteiger charge is 2.43. The van der Waals surface area contributed by atoms with Crippen molar-refractivity contribution in [3.05, 3.63) is 34.4 Å². The molecule has 1 aliphatic heterocycles. The third-order valence-corrected chi connectivity index (χ3v) is 5.57. The summed E-state index contributed by atoms with van der Waals surface area (Å²) < 4.78 is 5.40.